The largest absolute Gasteiger partial charge is 0.373 e. The number of nitrogens with one attached hydrogen (secondary N) is 1. The molecule has 3 N–H and O–H groups in total. The highest BCUT2D eigenvalue weighted by Crippen LogP contribution is 2.08. The van der Waals surface area contributed by atoms with Gasteiger partial charge in [-0.3, -0.25) is 0 Å². The lowest BCUT2D eigenvalue weighted by Crippen LogP contribution is -2.12. The van der Waals surface area contributed by atoms with Gasteiger partial charge in [0.15, 0.2) is 5.82 Å². The van der Waals surface area contributed by atoms with Crippen molar-refractivity contribution in [3.63, 3.8) is 0 Å². The first-order valence-corrected chi connectivity index (χ1v) is 5.71. The van der Waals surface area contributed by atoms with E-state index in [0.717, 1.165) is 31.6 Å². The number of hydrogen-bond donors (Lipinski definition) is 2. The first kappa shape index (κ1) is 12.9. The van der Waals surface area contributed by atoms with E-state index in [9.17, 15) is 0 Å². The van der Waals surface area contributed by atoms with Crippen molar-refractivity contribution >= 4 is 5.82 Å². The number of aromatic nitrogens is 2. The predicted octanol–water partition coefficient (Wildman–Crippen LogP) is 1.64. The number of hydrogen-bond acceptors (Lipinski definition) is 5. The highest BCUT2D eigenvalue weighted by Gasteiger charge is 2.03. The Balaban J connectivity index is 2.69. The summed E-state index contributed by atoms with van der Waals surface area (Å²) in [7, 11) is 0. The van der Waals surface area contributed by atoms with Crippen LogP contribution in [0.3, 0.4) is 0 Å². The van der Waals surface area contributed by atoms with Crippen LogP contribution in [0.1, 0.15) is 38.2 Å². The average molecular weight is 224 g/mol. The monoisotopic (exact) mass is 224 g/mol. The van der Waals surface area contributed by atoms with Crippen LogP contribution in [0.25, 0.3) is 0 Å². The van der Waals surface area contributed by atoms with Gasteiger partial charge in [-0.05, 0) is 12.8 Å². The van der Waals surface area contributed by atoms with Crippen LogP contribution in [-0.2, 0) is 17.8 Å². The minimum atomic E-state index is 0.445. The van der Waals surface area contributed by atoms with Gasteiger partial charge in [0.25, 0.3) is 0 Å². The van der Waals surface area contributed by atoms with Crippen molar-refractivity contribution in [2.75, 3.05) is 12.0 Å². The third-order valence-corrected chi connectivity index (χ3v) is 2.06. The van der Waals surface area contributed by atoms with Gasteiger partial charge in [0.05, 0.1) is 0 Å². The summed E-state index contributed by atoms with van der Waals surface area (Å²) in [5.41, 5.74) is 3.55. The quantitative estimate of drug-likeness (QED) is 0.418. The summed E-state index contributed by atoms with van der Waals surface area (Å²) in [5.74, 6) is 6.69. The average Bonchev–Trinajstić information content (AvgIpc) is 2.29. The van der Waals surface area contributed by atoms with Gasteiger partial charge < -0.3 is 10.2 Å². The molecule has 0 spiro atoms. The number of aryl methyl sites for hydroxylation is 1. The third-order valence-electron chi connectivity index (χ3n) is 2.06. The van der Waals surface area contributed by atoms with E-state index in [4.69, 9.17) is 10.6 Å². The van der Waals surface area contributed by atoms with Crippen molar-refractivity contribution in [3.8, 4) is 0 Å². The van der Waals surface area contributed by atoms with Crippen molar-refractivity contribution in [1.82, 2.24) is 9.97 Å². The zero-order chi connectivity index (χ0) is 11.8. The molecule has 1 aromatic heterocycles. The van der Waals surface area contributed by atoms with Gasteiger partial charge in [-0.2, -0.15) is 0 Å². The second-order valence-electron chi connectivity index (χ2n) is 3.61. The van der Waals surface area contributed by atoms with Gasteiger partial charge in [-0.1, -0.05) is 20.3 Å². The lowest BCUT2D eigenvalue weighted by molar-refractivity contribution is 0.116. The van der Waals surface area contributed by atoms with E-state index in [-0.39, 0.29) is 0 Å². The molecule has 0 aliphatic carbocycles. The molecule has 5 nitrogen and oxygen atoms in total. The molecule has 90 valence electrons. The highest BCUT2D eigenvalue weighted by atomic mass is 16.5. The first-order chi connectivity index (χ1) is 7.80. The number of rotatable bonds is 7. The highest BCUT2D eigenvalue weighted by molar-refractivity contribution is 5.34. The topological polar surface area (TPSA) is 73.1 Å². The van der Waals surface area contributed by atoms with E-state index >= 15 is 0 Å². The molecule has 0 aliphatic rings. The Labute approximate surface area is 96.4 Å². The molecule has 0 aromatic carbocycles. The smallest absolute Gasteiger partial charge is 0.156 e. The Bertz CT molecular complexity index is 317. The maximum atomic E-state index is 5.41. The summed E-state index contributed by atoms with van der Waals surface area (Å²) in [6.07, 6.45) is 2.98. The van der Waals surface area contributed by atoms with Crippen LogP contribution in [0.2, 0.25) is 0 Å². The molecule has 0 bridgehead atoms. The normalized spacial score (nSPS) is 10.4. The first-order valence-electron chi connectivity index (χ1n) is 5.71. The van der Waals surface area contributed by atoms with E-state index in [1.807, 2.05) is 6.07 Å². The van der Waals surface area contributed by atoms with Crippen molar-refractivity contribution in [2.24, 2.45) is 5.84 Å². The Morgan fingerprint density at radius 1 is 1.31 bits per heavy atom. The van der Waals surface area contributed by atoms with E-state index in [0.29, 0.717) is 18.2 Å². The molecule has 0 saturated heterocycles. The number of ether oxygens (including phenoxy) is 1. The Morgan fingerprint density at radius 2 is 2.12 bits per heavy atom. The molecule has 0 unspecified atom stereocenters. The van der Waals surface area contributed by atoms with Crippen LogP contribution >= 0.6 is 0 Å². The molecule has 0 saturated carbocycles. The van der Waals surface area contributed by atoms with Crippen LogP contribution in [-0.4, -0.2) is 16.6 Å². The molecule has 5 heteroatoms. The zero-order valence-corrected chi connectivity index (χ0v) is 9.99. The summed E-state index contributed by atoms with van der Waals surface area (Å²) in [6, 6.07) is 1.87. The molecule has 0 atom stereocenters. The van der Waals surface area contributed by atoms with Gasteiger partial charge in [0.2, 0.25) is 0 Å². The van der Waals surface area contributed by atoms with Crippen LogP contribution in [0.5, 0.6) is 0 Å². The maximum absolute atomic E-state index is 5.41. The SMILES string of the molecule is CCCOCc1nc(CCC)cc(NN)n1. The summed E-state index contributed by atoms with van der Waals surface area (Å²) in [6.45, 7) is 5.36. The van der Waals surface area contributed by atoms with Crippen LogP contribution in [0, 0.1) is 0 Å². The Hall–Kier alpha value is -1.20. The standard InChI is InChI=1S/C11H20N4O/c1-3-5-9-7-10(15-12)14-11(13-9)8-16-6-4-2/h7H,3-6,8,12H2,1-2H3,(H,13,14,15). The fourth-order valence-electron chi connectivity index (χ4n) is 1.38. The van der Waals surface area contributed by atoms with Gasteiger partial charge in [0.1, 0.15) is 12.4 Å². The molecule has 0 amide bonds. The lowest BCUT2D eigenvalue weighted by Gasteiger charge is -2.07. The Kier molecular flexibility index (Phi) is 5.74. The molecule has 0 aliphatic heterocycles. The van der Waals surface area contributed by atoms with Crippen molar-refractivity contribution in [3.05, 3.63) is 17.6 Å². The third kappa shape index (κ3) is 4.12. The van der Waals surface area contributed by atoms with Gasteiger partial charge in [-0.15, -0.1) is 0 Å². The number of nitrogens with zero attached hydrogens (tertiary/aromatic N) is 2. The molecule has 1 rings (SSSR count). The molecule has 0 fully saturated rings. The molecular formula is C11H20N4O. The van der Waals surface area contributed by atoms with Crippen molar-refractivity contribution in [1.29, 1.82) is 0 Å². The predicted molar refractivity (Wildman–Crippen MR) is 63.8 cm³/mol. The number of nitrogen functional groups attached to an aromatic ring is 1. The fourth-order valence-corrected chi connectivity index (χ4v) is 1.38. The minimum absolute atomic E-state index is 0.445. The van der Waals surface area contributed by atoms with E-state index in [1.165, 1.54) is 0 Å². The van der Waals surface area contributed by atoms with E-state index in [1.54, 1.807) is 0 Å². The van der Waals surface area contributed by atoms with Crippen LogP contribution in [0.15, 0.2) is 6.07 Å². The van der Waals surface area contributed by atoms with Gasteiger partial charge in [-0.25, -0.2) is 15.8 Å². The van der Waals surface area contributed by atoms with Crippen molar-refractivity contribution in [2.45, 2.75) is 39.7 Å². The number of anilines is 1. The Morgan fingerprint density at radius 3 is 2.75 bits per heavy atom. The van der Waals surface area contributed by atoms with Gasteiger partial charge in [0, 0.05) is 18.4 Å². The summed E-state index contributed by atoms with van der Waals surface area (Å²) < 4.78 is 5.41. The molecular weight excluding hydrogens is 204 g/mol. The second kappa shape index (κ2) is 7.14. The summed E-state index contributed by atoms with van der Waals surface area (Å²) >= 11 is 0. The van der Waals surface area contributed by atoms with Crippen LogP contribution < -0.4 is 11.3 Å². The fraction of sp³-hybridized carbons (Fsp3) is 0.636. The molecule has 1 aromatic rings. The minimum Gasteiger partial charge on any atom is -0.373 e. The van der Waals surface area contributed by atoms with Crippen molar-refractivity contribution < 1.29 is 4.74 Å². The molecule has 16 heavy (non-hydrogen) atoms. The van der Waals surface area contributed by atoms with E-state index in [2.05, 4.69) is 29.2 Å². The number of nitrogens with two attached hydrogens (primary N) is 1. The zero-order valence-electron chi connectivity index (χ0n) is 9.99. The second-order valence-corrected chi connectivity index (χ2v) is 3.61. The van der Waals surface area contributed by atoms with Gasteiger partial charge >= 0.3 is 0 Å². The maximum Gasteiger partial charge on any atom is 0.156 e. The van der Waals surface area contributed by atoms with Crippen LogP contribution in [0.4, 0.5) is 5.82 Å². The molecule has 0 radical (unpaired) electrons. The van der Waals surface area contributed by atoms with E-state index < -0.39 is 0 Å². The number of hydrazine groups is 1. The molecule has 1 heterocycles. The summed E-state index contributed by atoms with van der Waals surface area (Å²) in [5, 5.41) is 0. The lowest BCUT2D eigenvalue weighted by atomic mass is 10.2. The summed E-state index contributed by atoms with van der Waals surface area (Å²) in [4.78, 5) is 8.64.